The largest absolute Gasteiger partial charge is 0.311 e. The molecule has 21 heavy (non-hydrogen) atoms. The molecule has 0 aromatic carbocycles. The SMILES string of the molecule is C=CC1(C)OC(C)(C=C)OC(C)(C=C)OC(C)(C=C)O1.[Pt]. The van der Waals surface area contributed by atoms with Gasteiger partial charge in [-0.3, -0.25) is 0 Å². The molecule has 0 atom stereocenters. The summed E-state index contributed by atoms with van der Waals surface area (Å²) in [5.74, 6) is -4.52. The van der Waals surface area contributed by atoms with Crippen LogP contribution in [0.2, 0.25) is 0 Å². The van der Waals surface area contributed by atoms with Crippen LogP contribution in [0.15, 0.2) is 50.6 Å². The van der Waals surface area contributed by atoms with Gasteiger partial charge in [-0.05, 0) is 52.0 Å². The fourth-order valence-corrected chi connectivity index (χ4v) is 2.03. The second kappa shape index (κ2) is 6.72. The van der Waals surface area contributed by atoms with Crippen molar-refractivity contribution in [1.29, 1.82) is 0 Å². The maximum atomic E-state index is 5.90. The summed E-state index contributed by atoms with van der Waals surface area (Å²) < 4.78 is 23.6. The first kappa shape index (κ1) is 20.5. The van der Waals surface area contributed by atoms with Crippen LogP contribution in [0.5, 0.6) is 0 Å². The maximum absolute atomic E-state index is 5.90. The fourth-order valence-electron chi connectivity index (χ4n) is 2.03. The van der Waals surface area contributed by atoms with Gasteiger partial charge >= 0.3 is 0 Å². The summed E-state index contributed by atoms with van der Waals surface area (Å²) in [6.45, 7) is 21.8. The Balaban J connectivity index is 0.00000400. The molecular formula is C16H24O4Pt. The Bertz CT molecular complexity index is 342. The van der Waals surface area contributed by atoms with Crippen molar-refractivity contribution in [3.63, 3.8) is 0 Å². The summed E-state index contributed by atoms with van der Waals surface area (Å²) in [6.07, 6.45) is 6.11. The fraction of sp³-hybridized carbons (Fsp3) is 0.500. The maximum Gasteiger partial charge on any atom is 0.191 e. The third-order valence-corrected chi connectivity index (χ3v) is 3.10. The smallest absolute Gasteiger partial charge is 0.191 e. The average molecular weight is 475 g/mol. The van der Waals surface area contributed by atoms with Crippen molar-refractivity contribution >= 4 is 0 Å². The minimum atomic E-state index is -1.13. The van der Waals surface area contributed by atoms with Crippen molar-refractivity contribution < 1.29 is 40.0 Å². The van der Waals surface area contributed by atoms with E-state index in [1.54, 1.807) is 27.7 Å². The number of ether oxygens (including phenoxy) is 4. The van der Waals surface area contributed by atoms with Gasteiger partial charge in [0.2, 0.25) is 0 Å². The normalized spacial score (nSPS) is 43.6. The summed E-state index contributed by atoms with van der Waals surface area (Å²) >= 11 is 0. The van der Waals surface area contributed by atoms with Gasteiger partial charge in [0.15, 0.2) is 23.1 Å². The van der Waals surface area contributed by atoms with E-state index in [0.29, 0.717) is 0 Å². The van der Waals surface area contributed by atoms with Crippen LogP contribution in [0.1, 0.15) is 27.7 Å². The van der Waals surface area contributed by atoms with Gasteiger partial charge in [0.05, 0.1) is 0 Å². The summed E-state index contributed by atoms with van der Waals surface area (Å²) in [5, 5.41) is 0. The van der Waals surface area contributed by atoms with E-state index in [-0.39, 0.29) is 21.1 Å². The van der Waals surface area contributed by atoms with Crippen LogP contribution in [0.25, 0.3) is 0 Å². The van der Waals surface area contributed by atoms with E-state index in [1.807, 2.05) is 0 Å². The van der Waals surface area contributed by atoms with Crippen molar-refractivity contribution in [3.05, 3.63) is 50.6 Å². The molecule has 4 nitrogen and oxygen atoms in total. The first-order valence-electron chi connectivity index (χ1n) is 6.42. The first-order valence-corrected chi connectivity index (χ1v) is 6.42. The minimum Gasteiger partial charge on any atom is -0.311 e. The standard InChI is InChI=1S/C16H24O4.Pt/c1-9-13(5)17-14(6,10-2)19-16(8,12-4)20-15(7,11-3)18-13;/h9-12H,1-4H2,5-8H3;. The number of hydrogen-bond acceptors (Lipinski definition) is 4. The summed E-state index contributed by atoms with van der Waals surface area (Å²) in [4.78, 5) is 0. The molecule has 0 spiro atoms. The molecule has 5 heteroatoms. The van der Waals surface area contributed by atoms with E-state index in [4.69, 9.17) is 18.9 Å². The molecule has 1 fully saturated rings. The molecule has 0 aromatic heterocycles. The third-order valence-electron chi connectivity index (χ3n) is 3.10. The van der Waals surface area contributed by atoms with Crippen molar-refractivity contribution in [2.45, 2.75) is 50.8 Å². The monoisotopic (exact) mass is 475 g/mol. The Kier molecular flexibility index (Phi) is 6.55. The molecule has 1 aliphatic rings. The van der Waals surface area contributed by atoms with Crippen LogP contribution in [-0.2, 0) is 40.0 Å². The summed E-state index contributed by atoms with van der Waals surface area (Å²) in [7, 11) is 0. The predicted molar refractivity (Wildman–Crippen MR) is 78.7 cm³/mol. The van der Waals surface area contributed by atoms with Crippen LogP contribution in [-0.4, -0.2) is 23.1 Å². The molecule has 0 radical (unpaired) electrons. The Morgan fingerprint density at radius 1 is 0.524 bits per heavy atom. The van der Waals surface area contributed by atoms with Crippen molar-refractivity contribution in [1.82, 2.24) is 0 Å². The topological polar surface area (TPSA) is 36.9 Å². The van der Waals surface area contributed by atoms with Crippen LogP contribution in [0, 0.1) is 0 Å². The van der Waals surface area contributed by atoms with Gasteiger partial charge in [0.1, 0.15) is 0 Å². The quantitative estimate of drug-likeness (QED) is 0.582. The van der Waals surface area contributed by atoms with E-state index >= 15 is 0 Å². The molecule has 0 aromatic rings. The zero-order valence-electron chi connectivity index (χ0n) is 13.1. The van der Waals surface area contributed by atoms with E-state index in [0.717, 1.165) is 0 Å². The molecule has 0 saturated carbocycles. The first-order chi connectivity index (χ1) is 9.07. The molecule has 1 aliphatic heterocycles. The van der Waals surface area contributed by atoms with E-state index in [1.165, 1.54) is 24.3 Å². The van der Waals surface area contributed by atoms with Gasteiger partial charge in [-0.2, -0.15) is 0 Å². The Hall–Kier alpha value is -0.512. The van der Waals surface area contributed by atoms with E-state index in [9.17, 15) is 0 Å². The predicted octanol–water partition coefficient (Wildman–Crippen LogP) is 3.67. The van der Waals surface area contributed by atoms with Crippen molar-refractivity contribution in [3.8, 4) is 0 Å². The molecule has 1 saturated heterocycles. The molecule has 0 aliphatic carbocycles. The van der Waals surface area contributed by atoms with Crippen molar-refractivity contribution in [2.24, 2.45) is 0 Å². The van der Waals surface area contributed by atoms with E-state index < -0.39 is 23.1 Å². The Labute approximate surface area is 141 Å². The molecule has 0 amide bonds. The minimum absolute atomic E-state index is 0. The Morgan fingerprint density at radius 3 is 0.762 bits per heavy atom. The number of hydrogen-bond donors (Lipinski definition) is 0. The average Bonchev–Trinajstić information content (AvgIpc) is 2.36. The molecule has 1 rings (SSSR count). The summed E-state index contributed by atoms with van der Waals surface area (Å²) in [6, 6.07) is 0. The van der Waals surface area contributed by atoms with Gasteiger partial charge in [-0.25, -0.2) is 0 Å². The number of rotatable bonds is 4. The van der Waals surface area contributed by atoms with Crippen LogP contribution in [0.4, 0.5) is 0 Å². The van der Waals surface area contributed by atoms with Gasteiger partial charge in [-0.15, -0.1) is 0 Å². The van der Waals surface area contributed by atoms with Crippen LogP contribution >= 0.6 is 0 Å². The molecule has 122 valence electrons. The molecule has 0 bridgehead atoms. The molecule has 1 heterocycles. The van der Waals surface area contributed by atoms with Crippen LogP contribution < -0.4 is 0 Å². The Morgan fingerprint density at radius 2 is 0.667 bits per heavy atom. The molecule has 0 unspecified atom stereocenters. The van der Waals surface area contributed by atoms with Gasteiger partial charge in [-0.1, -0.05) is 26.3 Å². The van der Waals surface area contributed by atoms with Gasteiger partial charge in [0, 0.05) is 21.1 Å². The summed E-state index contributed by atoms with van der Waals surface area (Å²) in [5.41, 5.74) is 0. The third kappa shape index (κ3) is 4.73. The zero-order chi connectivity index (χ0) is 15.7. The van der Waals surface area contributed by atoms with Crippen molar-refractivity contribution in [2.75, 3.05) is 0 Å². The molecular weight excluding hydrogens is 451 g/mol. The van der Waals surface area contributed by atoms with Gasteiger partial charge in [0.25, 0.3) is 0 Å². The van der Waals surface area contributed by atoms with E-state index in [2.05, 4.69) is 26.3 Å². The second-order valence-corrected chi connectivity index (χ2v) is 5.29. The van der Waals surface area contributed by atoms with Gasteiger partial charge < -0.3 is 18.9 Å². The second-order valence-electron chi connectivity index (χ2n) is 5.29. The zero-order valence-corrected chi connectivity index (χ0v) is 15.4. The van der Waals surface area contributed by atoms with Crippen LogP contribution in [0.3, 0.4) is 0 Å². The molecule has 0 N–H and O–H groups in total.